The SMILES string of the molecule is CO[C@H]1CN(C(C)C)C[C@@H]1NC(=O)CCCOc1ccccc1. The van der Waals surface area contributed by atoms with E-state index in [9.17, 15) is 4.79 Å². The summed E-state index contributed by atoms with van der Waals surface area (Å²) in [5.41, 5.74) is 0. The number of para-hydroxylation sites is 1. The topological polar surface area (TPSA) is 50.8 Å². The van der Waals surface area contributed by atoms with E-state index in [0.717, 1.165) is 18.8 Å². The summed E-state index contributed by atoms with van der Waals surface area (Å²) >= 11 is 0. The van der Waals surface area contributed by atoms with Gasteiger partial charge in [0, 0.05) is 32.7 Å². The maximum atomic E-state index is 12.1. The molecule has 1 N–H and O–H groups in total. The third kappa shape index (κ3) is 5.52. The van der Waals surface area contributed by atoms with Crippen molar-refractivity contribution in [1.29, 1.82) is 0 Å². The first kappa shape index (κ1) is 17.8. The van der Waals surface area contributed by atoms with E-state index in [1.165, 1.54) is 0 Å². The van der Waals surface area contributed by atoms with Crippen molar-refractivity contribution in [1.82, 2.24) is 10.2 Å². The van der Waals surface area contributed by atoms with Crippen LogP contribution in [0.1, 0.15) is 26.7 Å². The van der Waals surface area contributed by atoms with Gasteiger partial charge in [0.1, 0.15) is 5.75 Å². The highest BCUT2D eigenvalue weighted by molar-refractivity contribution is 5.76. The molecule has 1 aliphatic rings. The first-order chi connectivity index (χ1) is 11.1. The van der Waals surface area contributed by atoms with E-state index < -0.39 is 0 Å². The molecule has 5 heteroatoms. The molecule has 1 aromatic rings. The number of carbonyl (C=O) groups is 1. The molecular formula is C18H28N2O3. The first-order valence-corrected chi connectivity index (χ1v) is 8.34. The number of hydrogen-bond donors (Lipinski definition) is 1. The van der Waals surface area contributed by atoms with Gasteiger partial charge in [-0.1, -0.05) is 18.2 Å². The molecule has 0 radical (unpaired) electrons. The molecular weight excluding hydrogens is 292 g/mol. The molecule has 1 heterocycles. The molecule has 2 atom stereocenters. The molecule has 128 valence electrons. The fourth-order valence-electron chi connectivity index (χ4n) is 2.82. The summed E-state index contributed by atoms with van der Waals surface area (Å²) in [6, 6.07) is 10.2. The Labute approximate surface area is 139 Å². The van der Waals surface area contributed by atoms with E-state index in [4.69, 9.17) is 9.47 Å². The lowest BCUT2D eigenvalue weighted by molar-refractivity contribution is -0.122. The van der Waals surface area contributed by atoms with E-state index in [0.29, 0.717) is 25.5 Å². The van der Waals surface area contributed by atoms with Gasteiger partial charge in [-0.15, -0.1) is 0 Å². The van der Waals surface area contributed by atoms with Crippen LogP contribution >= 0.6 is 0 Å². The standard InChI is InChI=1S/C18H28N2O3/c1-14(2)20-12-16(17(13-20)22-3)19-18(21)10-7-11-23-15-8-5-4-6-9-15/h4-6,8-9,14,16-17H,7,10-13H2,1-3H3,(H,19,21)/t16-,17-/m0/s1. The van der Waals surface area contributed by atoms with Gasteiger partial charge in [-0.05, 0) is 32.4 Å². The van der Waals surface area contributed by atoms with Crippen molar-refractivity contribution < 1.29 is 14.3 Å². The lowest BCUT2D eigenvalue weighted by Crippen LogP contribution is -2.43. The summed E-state index contributed by atoms with van der Waals surface area (Å²) in [6.45, 7) is 6.60. The Hall–Kier alpha value is -1.59. The summed E-state index contributed by atoms with van der Waals surface area (Å²) in [5.74, 6) is 0.912. The number of methoxy groups -OCH3 is 1. The molecule has 1 fully saturated rings. The summed E-state index contributed by atoms with van der Waals surface area (Å²) in [7, 11) is 1.71. The maximum absolute atomic E-state index is 12.1. The quantitative estimate of drug-likeness (QED) is 0.745. The van der Waals surface area contributed by atoms with Crippen LogP contribution in [-0.2, 0) is 9.53 Å². The van der Waals surface area contributed by atoms with Gasteiger partial charge in [0.25, 0.3) is 0 Å². The second-order valence-corrected chi connectivity index (χ2v) is 6.26. The van der Waals surface area contributed by atoms with Crippen LogP contribution in [0.3, 0.4) is 0 Å². The summed E-state index contributed by atoms with van der Waals surface area (Å²) < 4.78 is 11.1. The molecule has 0 spiro atoms. The minimum Gasteiger partial charge on any atom is -0.494 e. The van der Waals surface area contributed by atoms with Crippen LogP contribution in [-0.4, -0.2) is 55.8 Å². The van der Waals surface area contributed by atoms with Crippen molar-refractivity contribution in [2.24, 2.45) is 0 Å². The molecule has 23 heavy (non-hydrogen) atoms. The van der Waals surface area contributed by atoms with E-state index in [2.05, 4.69) is 24.1 Å². The highest BCUT2D eigenvalue weighted by Gasteiger charge is 2.34. The fourth-order valence-corrected chi connectivity index (χ4v) is 2.82. The molecule has 0 saturated carbocycles. The Morgan fingerprint density at radius 3 is 2.70 bits per heavy atom. The third-order valence-electron chi connectivity index (χ3n) is 4.23. The number of hydrogen-bond acceptors (Lipinski definition) is 4. The van der Waals surface area contributed by atoms with Crippen LogP contribution in [0.15, 0.2) is 30.3 Å². The minimum atomic E-state index is 0.0688. The average Bonchev–Trinajstić information content (AvgIpc) is 2.96. The zero-order valence-corrected chi connectivity index (χ0v) is 14.3. The number of carbonyl (C=O) groups excluding carboxylic acids is 1. The monoisotopic (exact) mass is 320 g/mol. The second kappa shape index (κ2) is 8.89. The van der Waals surface area contributed by atoms with Gasteiger partial charge in [-0.2, -0.15) is 0 Å². The zero-order chi connectivity index (χ0) is 16.7. The Kier molecular flexibility index (Phi) is 6.86. The van der Waals surface area contributed by atoms with Crippen LogP contribution in [0, 0.1) is 0 Å². The van der Waals surface area contributed by atoms with Crippen molar-refractivity contribution in [3.63, 3.8) is 0 Å². The molecule has 1 saturated heterocycles. The largest absolute Gasteiger partial charge is 0.494 e. The molecule has 1 aliphatic heterocycles. The van der Waals surface area contributed by atoms with Crippen LogP contribution in [0.4, 0.5) is 0 Å². The third-order valence-corrected chi connectivity index (χ3v) is 4.23. The predicted molar refractivity (Wildman–Crippen MR) is 90.6 cm³/mol. The number of benzene rings is 1. The second-order valence-electron chi connectivity index (χ2n) is 6.26. The average molecular weight is 320 g/mol. The van der Waals surface area contributed by atoms with Crippen LogP contribution < -0.4 is 10.1 Å². The van der Waals surface area contributed by atoms with Crippen molar-refractivity contribution in [3.05, 3.63) is 30.3 Å². The van der Waals surface area contributed by atoms with Crippen molar-refractivity contribution in [2.75, 3.05) is 26.8 Å². The lowest BCUT2D eigenvalue weighted by atomic mass is 10.2. The van der Waals surface area contributed by atoms with Crippen LogP contribution in [0.5, 0.6) is 5.75 Å². The first-order valence-electron chi connectivity index (χ1n) is 8.34. The highest BCUT2D eigenvalue weighted by atomic mass is 16.5. The van der Waals surface area contributed by atoms with E-state index >= 15 is 0 Å². The number of amides is 1. The highest BCUT2D eigenvalue weighted by Crippen LogP contribution is 2.16. The Bertz CT molecular complexity index is 478. The van der Waals surface area contributed by atoms with Crippen molar-refractivity contribution >= 4 is 5.91 Å². The molecule has 1 aromatic carbocycles. The summed E-state index contributed by atoms with van der Waals surface area (Å²) in [5, 5.41) is 3.10. The number of ether oxygens (including phenoxy) is 2. The Morgan fingerprint density at radius 1 is 1.30 bits per heavy atom. The minimum absolute atomic E-state index is 0.0688. The molecule has 0 unspecified atom stereocenters. The lowest BCUT2D eigenvalue weighted by Gasteiger charge is -2.20. The van der Waals surface area contributed by atoms with E-state index in [1.807, 2.05) is 30.3 Å². The smallest absolute Gasteiger partial charge is 0.220 e. The number of nitrogens with one attached hydrogen (secondary N) is 1. The fraction of sp³-hybridized carbons (Fsp3) is 0.611. The van der Waals surface area contributed by atoms with Gasteiger partial charge >= 0.3 is 0 Å². The molecule has 1 amide bonds. The van der Waals surface area contributed by atoms with Gasteiger partial charge in [0.05, 0.1) is 18.8 Å². The Balaban J connectivity index is 1.68. The molecule has 0 aromatic heterocycles. The van der Waals surface area contributed by atoms with Crippen molar-refractivity contribution in [3.8, 4) is 5.75 Å². The molecule has 0 aliphatic carbocycles. The number of rotatable bonds is 8. The van der Waals surface area contributed by atoms with Crippen LogP contribution in [0.2, 0.25) is 0 Å². The molecule has 5 nitrogen and oxygen atoms in total. The summed E-state index contributed by atoms with van der Waals surface area (Å²) in [4.78, 5) is 14.4. The predicted octanol–water partition coefficient (Wildman–Crippen LogP) is 2.07. The van der Waals surface area contributed by atoms with Gasteiger partial charge in [0.15, 0.2) is 0 Å². The van der Waals surface area contributed by atoms with E-state index in [1.54, 1.807) is 7.11 Å². The van der Waals surface area contributed by atoms with Gasteiger partial charge < -0.3 is 14.8 Å². The number of nitrogens with zero attached hydrogens (tertiary/aromatic N) is 1. The van der Waals surface area contributed by atoms with Crippen LogP contribution in [0.25, 0.3) is 0 Å². The normalized spacial score (nSPS) is 21.6. The maximum Gasteiger partial charge on any atom is 0.220 e. The molecule has 2 rings (SSSR count). The number of likely N-dealkylation sites (tertiary alicyclic amines) is 1. The van der Waals surface area contributed by atoms with Crippen molar-refractivity contribution in [2.45, 2.75) is 44.9 Å². The van der Waals surface area contributed by atoms with E-state index in [-0.39, 0.29) is 18.1 Å². The summed E-state index contributed by atoms with van der Waals surface area (Å²) in [6.07, 6.45) is 1.25. The Morgan fingerprint density at radius 2 is 2.04 bits per heavy atom. The van der Waals surface area contributed by atoms with Gasteiger partial charge in [-0.25, -0.2) is 0 Å². The van der Waals surface area contributed by atoms with Gasteiger partial charge in [-0.3, -0.25) is 9.69 Å². The molecule has 0 bridgehead atoms. The zero-order valence-electron chi connectivity index (χ0n) is 14.3. The van der Waals surface area contributed by atoms with Gasteiger partial charge in [0.2, 0.25) is 5.91 Å².